The van der Waals surface area contributed by atoms with Gasteiger partial charge in [-0.15, -0.1) is 0 Å². The average Bonchev–Trinajstić information content (AvgIpc) is 3.10. The number of rotatable bonds is 6. The van der Waals surface area contributed by atoms with Crippen LogP contribution in [-0.4, -0.2) is 47.3 Å². The highest BCUT2D eigenvalue weighted by Crippen LogP contribution is 2.25. The molecule has 6 nitrogen and oxygen atoms in total. The van der Waals surface area contributed by atoms with Crippen LogP contribution in [0.4, 0.5) is 5.82 Å². The molecule has 2 heterocycles. The van der Waals surface area contributed by atoms with Gasteiger partial charge in [-0.05, 0) is 30.5 Å². The lowest BCUT2D eigenvalue weighted by Gasteiger charge is -2.32. The summed E-state index contributed by atoms with van der Waals surface area (Å²) >= 11 is 0. The van der Waals surface area contributed by atoms with Gasteiger partial charge in [0.25, 0.3) is 0 Å². The smallest absolute Gasteiger partial charge is 0.222 e. The third-order valence-corrected chi connectivity index (χ3v) is 4.67. The van der Waals surface area contributed by atoms with Gasteiger partial charge in [-0.1, -0.05) is 24.3 Å². The number of nitrogens with one attached hydrogen (secondary N) is 1. The molecule has 0 spiro atoms. The van der Waals surface area contributed by atoms with E-state index >= 15 is 0 Å². The summed E-state index contributed by atoms with van der Waals surface area (Å²) in [7, 11) is 1.68. The van der Waals surface area contributed by atoms with Crippen LogP contribution in [0.3, 0.4) is 0 Å². The molecule has 3 rings (SSSR count). The SMILES string of the molecule is COc1ccc(/C=C/CN2CCC(n3nccc3NC(C)=O)CC2)cc1. The van der Waals surface area contributed by atoms with Crippen LogP contribution in [0, 0.1) is 0 Å². The molecule has 1 N–H and O–H groups in total. The summed E-state index contributed by atoms with van der Waals surface area (Å²) in [5.74, 6) is 1.60. The van der Waals surface area contributed by atoms with Crippen molar-refractivity contribution in [1.29, 1.82) is 0 Å². The van der Waals surface area contributed by atoms with E-state index in [2.05, 4.69) is 39.6 Å². The predicted octanol–water partition coefficient (Wildman–Crippen LogP) is 3.20. The maximum Gasteiger partial charge on any atom is 0.222 e. The van der Waals surface area contributed by atoms with Gasteiger partial charge in [0, 0.05) is 32.6 Å². The van der Waals surface area contributed by atoms with E-state index in [9.17, 15) is 4.79 Å². The zero-order valence-corrected chi connectivity index (χ0v) is 15.4. The number of carbonyl (C=O) groups is 1. The lowest BCUT2D eigenvalue weighted by atomic mass is 10.1. The number of ether oxygens (including phenoxy) is 1. The Morgan fingerprint density at radius 2 is 2.00 bits per heavy atom. The highest BCUT2D eigenvalue weighted by atomic mass is 16.5. The van der Waals surface area contributed by atoms with Gasteiger partial charge < -0.3 is 10.1 Å². The highest BCUT2D eigenvalue weighted by molar-refractivity contribution is 5.87. The fourth-order valence-corrected chi connectivity index (χ4v) is 3.28. The highest BCUT2D eigenvalue weighted by Gasteiger charge is 2.22. The lowest BCUT2D eigenvalue weighted by Crippen LogP contribution is -2.35. The predicted molar refractivity (Wildman–Crippen MR) is 103 cm³/mol. The summed E-state index contributed by atoms with van der Waals surface area (Å²) in [4.78, 5) is 13.7. The van der Waals surface area contributed by atoms with Crippen molar-refractivity contribution in [3.05, 3.63) is 48.2 Å². The molecule has 0 atom stereocenters. The van der Waals surface area contributed by atoms with Crippen LogP contribution in [0.15, 0.2) is 42.6 Å². The van der Waals surface area contributed by atoms with Crippen molar-refractivity contribution in [2.75, 3.05) is 32.1 Å². The Morgan fingerprint density at radius 3 is 2.65 bits per heavy atom. The second-order valence-electron chi connectivity index (χ2n) is 6.55. The van der Waals surface area contributed by atoms with E-state index in [1.807, 2.05) is 22.9 Å². The maximum absolute atomic E-state index is 11.3. The minimum atomic E-state index is -0.0622. The molecule has 1 amide bonds. The van der Waals surface area contributed by atoms with Gasteiger partial charge in [0.05, 0.1) is 19.3 Å². The number of anilines is 1. The molecular formula is C20H26N4O2. The van der Waals surface area contributed by atoms with Gasteiger partial charge in [0.1, 0.15) is 11.6 Å². The Hall–Kier alpha value is -2.60. The molecule has 1 aliphatic heterocycles. The van der Waals surface area contributed by atoms with Gasteiger partial charge in [-0.2, -0.15) is 5.10 Å². The zero-order valence-electron chi connectivity index (χ0n) is 15.4. The second-order valence-corrected chi connectivity index (χ2v) is 6.55. The van der Waals surface area contributed by atoms with Gasteiger partial charge in [0.15, 0.2) is 0 Å². The number of carbonyl (C=O) groups excluding carboxylic acids is 1. The zero-order chi connectivity index (χ0) is 18.4. The third-order valence-electron chi connectivity index (χ3n) is 4.67. The number of nitrogens with zero attached hydrogens (tertiary/aromatic N) is 3. The fraction of sp³-hybridized carbons (Fsp3) is 0.400. The van der Waals surface area contributed by atoms with E-state index in [1.54, 1.807) is 13.3 Å². The lowest BCUT2D eigenvalue weighted by molar-refractivity contribution is -0.114. The first-order valence-corrected chi connectivity index (χ1v) is 9.00. The Kier molecular flexibility index (Phi) is 6.07. The first-order chi connectivity index (χ1) is 12.7. The minimum absolute atomic E-state index is 0.0622. The van der Waals surface area contributed by atoms with Crippen LogP contribution in [0.25, 0.3) is 6.08 Å². The number of hydrogen-bond donors (Lipinski definition) is 1. The molecule has 0 bridgehead atoms. The van der Waals surface area contributed by atoms with Crippen LogP contribution >= 0.6 is 0 Å². The van der Waals surface area contributed by atoms with Crippen molar-refractivity contribution < 1.29 is 9.53 Å². The van der Waals surface area contributed by atoms with Crippen LogP contribution in [0.2, 0.25) is 0 Å². The summed E-state index contributed by atoms with van der Waals surface area (Å²) in [5.41, 5.74) is 1.18. The minimum Gasteiger partial charge on any atom is -0.497 e. The van der Waals surface area contributed by atoms with Gasteiger partial charge in [-0.3, -0.25) is 9.69 Å². The number of amides is 1. The van der Waals surface area contributed by atoms with Crippen molar-refractivity contribution >= 4 is 17.8 Å². The number of benzene rings is 1. The molecular weight excluding hydrogens is 328 g/mol. The summed E-state index contributed by atoms with van der Waals surface area (Å²) in [5, 5.41) is 7.24. The topological polar surface area (TPSA) is 59.4 Å². The molecule has 0 saturated carbocycles. The van der Waals surface area contributed by atoms with Crippen molar-refractivity contribution in [2.24, 2.45) is 0 Å². The van der Waals surface area contributed by atoms with Gasteiger partial charge in [-0.25, -0.2) is 4.68 Å². The molecule has 1 aromatic heterocycles. The van der Waals surface area contributed by atoms with Crippen molar-refractivity contribution in [3.8, 4) is 5.75 Å². The van der Waals surface area contributed by atoms with E-state index < -0.39 is 0 Å². The molecule has 1 saturated heterocycles. The Labute approximate surface area is 154 Å². The van der Waals surface area contributed by atoms with Crippen LogP contribution in [0.1, 0.15) is 31.4 Å². The summed E-state index contributed by atoms with van der Waals surface area (Å²) < 4.78 is 7.13. The average molecular weight is 354 g/mol. The largest absolute Gasteiger partial charge is 0.497 e. The molecule has 26 heavy (non-hydrogen) atoms. The van der Waals surface area contributed by atoms with Gasteiger partial charge in [0.2, 0.25) is 5.91 Å². The second kappa shape index (κ2) is 8.67. The molecule has 138 valence electrons. The van der Waals surface area contributed by atoms with Crippen LogP contribution < -0.4 is 10.1 Å². The third kappa shape index (κ3) is 4.73. The van der Waals surface area contributed by atoms with E-state index in [-0.39, 0.29) is 5.91 Å². The molecule has 0 aliphatic carbocycles. The maximum atomic E-state index is 11.3. The van der Waals surface area contributed by atoms with Crippen molar-refractivity contribution in [3.63, 3.8) is 0 Å². The fourth-order valence-electron chi connectivity index (χ4n) is 3.28. The molecule has 1 aromatic carbocycles. The molecule has 2 aromatic rings. The Bertz CT molecular complexity index is 743. The summed E-state index contributed by atoms with van der Waals surface area (Å²) in [6.07, 6.45) is 8.16. The molecule has 0 radical (unpaired) electrons. The van der Waals surface area contributed by atoms with Crippen molar-refractivity contribution in [1.82, 2.24) is 14.7 Å². The van der Waals surface area contributed by atoms with Crippen LogP contribution in [0.5, 0.6) is 5.75 Å². The number of aromatic nitrogens is 2. The van der Waals surface area contributed by atoms with E-state index in [0.29, 0.717) is 6.04 Å². The standard InChI is InChI=1S/C20H26N4O2/c1-16(25)22-20-9-12-21-24(20)18-10-14-23(15-11-18)13-3-4-17-5-7-19(26-2)8-6-17/h3-9,12,18H,10-11,13-15H2,1-2H3,(H,22,25)/b4-3+. The summed E-state index contributed by atoms with van der Waals surface area (Å²) in [6.45, 7) is 4.51. The monoisotopic (exact) mass is 354 g/mol. The van der Waals surface area contributed by atoms with E-state index in [4.69, 9.17) is 4.74 Å². The number of piperidine rings is 1. The molecule has 0 unspecified atom stereocenters. The number of hydrogen-bond acceptors (Lipinski definition) is 4. The quantitative estimate of drug-likeness (QED) is 0.865. The Balaban J connectivity index is 1.48. The van der Waals surface area contributed by atoms with E-state index in [0.717, 1.165) is 44.0 Å². The molecule has 6 heteroatoms. The van der Waals surface area contributed by atoms with E-state index in [1.165, 1.54) is 12.5 Å². The van der Waals surface area contributed by atoms with Crippen LogP contribution in [-0.2, 0) is 4.79 Å². The molecule has 1 fully saturated rings. The normalized spacial score (nSPS) is 16.1. The van der Waals surface area contributed by atoms with Gasteiger partial charge >= 0.3 is 0 Å². The number of likely N-dealkylation sites (tertiary alicyclic amines) is 1. The molecule has 1 aliphatic rings. The first-order valence-electron chi connectivity index (χ1n) is 9.00. The van der Waals surface area contributed by atoms with Crippen molar-refractivity contribution in [2.45, 2.75) is 25.8 Å². The summed E-state index contributed by atoms with van der Waals surface area (Å²) in [6, 6.07) is 10.3. The Morgan fingerprint density at radius 1 is 1.27 bits per heavy atom. The number of methoxy groups -OCH3 is 1. The first kappa shape index (κ1) is 18.2.